The van der Waals surface area contributed by atoms with Crippen LogP contribution in [0.2, 0.25) is 0 Å². The van der Waals surface area contributed by atoms with Gasteiger partial charge in [0.1, 0.15) is 0 Å². The number of pyridine rings is 1. The molecule has 0 unspecified atom stereocenters. The van der Waals surface area contributed by atoms with E-state index < -0.39 is 24.5 Å². The Labute approximate surface area is 180 Å². The third-order valence-electron chi connectivity index (χ3n) is 4.96. The number of hydrogen-bond acceptors (Lipinski definition) is 5. The molecule has 0 fully saturated rings. The predicted molar refractivity (Wildman–Crippen MR) is 119 cm³/mol. The Morgan fingerprint density at radius 3 is 2.42 bits per heavy atom. The lowest BCUT2D eigenvalue weighted by molar-refractivity contribution is -0.123. The summed E-state index contributed by atoms with van der Waals surface area (Å²) < 4.78 is 5.24. The van der Waals surface area contributed by atoms with Crippen molar-refractivity contribution in [1.82, 2.24) is 15.6 Å². The first-order chi connectivity index (χ1) is 14.9. The molecule has 3 aromatic rings. The van der Waals surface area contributed by atoms with Crippen molar-refractivity contribution in [1.29, 1.82) is 0 Å². The molecule has 7 heteroatoms. The number of aromatic nitrogens is 1. The summed E-state index contributed by atoms with van der Waals surface area (Å²) in [4.78, 5) is 41.5. The first-order valence-electron chi connectivity index (χ1n) is 10.1. The molecule has 3 rings (SSSR count). The summed E-state index contributed by atoms with van der Waals surface area (Å²) in [7, 11) is 0. The van der Waals surface area contributed by atoms with Crippen LogP contribution in [0.1, 0.15) is 36.2 Å². The Balaban J connectivity index is 1.83. The molecule has 0 aliphatic carbocycles. The topological polar surface area (TPSA) is 97.4 Å². The molecule has 3 amide bonds. The lowest BCUT2D eigenvalue weighted by Gasteiger charge is -2.14. The highest BCUT2D eigenvalue weighted by Crippen LogP contribution is 2.30. The number of nitrogens with zero attached hydrogens (tertiary/aromatic N) is 1. The van der Waals surface area contributed by atoms with Gasteiger partial charge in [0.15, 0.2) is 6.61 Å². The fourth-order valence-corrected chi connectivity index (χ4v) is 3.18. The van der Waals surface area contributed by atoms with Gasteiger partial charge in [0.2, 0.25) is 0 Å². The van der Waals surface area contributed by atoms with Crippen molar-refractivity contribution in [2.45, 2.75) is 33.2 Å². The summed E-state index contributed by atoms with van der Waals surface area (Å²) in [5.41, 5.74) is 3.20. The van der Waals surface area contributed by atoms with E-state index in [4.69, 9.17) is 9.72 Å². The van der Waals surface area contributed by atoms with Crippen LogP contribution in [-0.2, 0) is 9.53 Å². The van der Waals surface area contributed by atoms with Crippen molar-refractivity contribution >= 4 is 28.8 Å². The van der Waals surface area contributed by atoms with Crippen LogP contribution >= 0.6 is 0 Å². The predicted octanol–water partition coefficient (Wildman–Crippen LogP) is 3.99. The van der Waals surface area contributed by atoms with Crippen LogP contribution in [0.5, 0.6) is 0 Å². The molecule has 2 aromatic carbocycles. The van der Waals surface area contributed by atoms with E-state index in [-0.39, 0.29) is 6.04 Å². The summed E-state index contributed by atoms with van der Waals surface area (Å²) >= 11 is 0. The maximum Gasteiger partial charge on any atom is 0.339 e. The third-order valence-corrected chi connectivity index (χ3v) is 4.96. The van der Waals surface area contributed by atoms with Gasteiger partial charge in [-0.25, -0.2) is 14.6 Å². The van der Waals surface area contributed by atoms with E-state index in [1.165, 1.54) is 0 Å². The number of imide groups is 1. The van der Waals surface area contributed by atoms with Crippen LogP contribution in [0.3, 0.4) is 0 Å². The van der Waals surface area contributed by atoms with Gasteiger partial charge in [-0.05, 0) is 31.9 Å². The molecule has 1 heterocycles. The Kier molecular flexibility index (Phi) is 6.97. The van der Waals surface area contributed by atoms with Gasteiger partial charge in [0.25, 0.3) is 5.91 Å². The van der Waals surface area contributed by atoms with E-state index in [2.05, 4.69) is 10.6 Å². The number of para-hydroxylation sites is 1. The highest BCUT2D eigenvalue weighted by atomic mass is 16.5. The summed E-state index contributed by atoms with van der Waals surface area (Å²) in [5.74, 6) is -1.35. The Morgan fingerprint density at radius 2 is 1.71 bits per heavy atom. The summed E-state index contributed by atoms with van der Waals surface area (Å²) in [6.07, 6.45) is 0.731. The first kappa shape index (κ1) is 22.0. The molecule has 0 aliphatic rings. The Morgan fingerprint density at radius 1 is 1.03 bits per heavy atom. The number of urea groups is 1. The van der Waals surface area contributed by atoms with Crippen molar-refractivity contribution in [3.63, 3.8) is 0 Å². The average Bonchev–Trinajstić information content (AvgIpc) is 2.77. The van der Waals surface area contributed by atoms with Crippen molar-refractivity contribution in [2.24, 2.45) is 0 Å². The maximum atomic E-state index is 12.9. The fraction of sp³-hybridized carbons (Fsp3) is 0.250. The van der Waals surface area contributed by atoms with Gasteiger partial charge < -0.3 is 10.1 Å². The molecule has 31 heavy (non-hydrogen) atoms. The number of carbonyl (C=O) groups excluding carboxylic acids is 3. The highest BCUT2D eigenvalue weighted by Gasteiger charge is 2.21. The first-order valence-corrected chi connectivity index (χ1v) is 10.1. The second kappa shape index (κ2) is 9.84. The second-order valence-electron chi connectivity index (χ2n) is 7.25. The average molecular weight is 419 g/mol. The minimum Gasteiger partial charge on any atom is -0.452 e. The van der Waals surface area contributed by atoms with Crippen LogP contribution in [0.4, 0.5) is 4.79 Å². The van der Waals surface area contributed by atoms with Gasteiger partial charge in [0, 0.05) is 17.0 Å². The SMILES string of the molecule is CC[C@@H](C)NC(=O)NC(=O)COC(=O)c1c(C)c(-c2ccccc2)nc2ccccc12. The number of ether oxygens (including phenoxy) is 1. The van der Waals surface area contributed by atoms with Crippen LogP contribution < -0.4 is 10.6 Å². The number of esters is 1. The largest absolute Gasteiger partial charge is 0.452 e. The molecule has 1 aromatic heterocycles. The number of carbonyl (C=O) groups is 3. The number of nitrogens with one attached hydrogen (secondary N) is 2. The lowest BCUT2D eigenvalue weighted by atomic mass is 9.98. The summed E-state index contributed by atoms with van der Waals surface area (Å²) in [6.45, 7) is 4.98. The van der Waals surface area contributed by atoms with E-state index in [0.29, 0.717) is 27.7 Å². The van der Waals surface area contributed by atoms with Crippen LogP contribution in [0.15, 0.2) is 54.6 Å². The summed E-state index contributed by atoms with van der Waals surface area (Å²) in [5, 5.41) is 5.42. The van der Waals surface area contributed by atoms with Crippen molar-refractivity contribution in [2.75, 3.05) is 6.61 Å². The minimum atomic E-state index is -0.701. The van der Waals surface area contributed by atoms with Crippen LogP contribution in [-0.4, -0.2) is 35.5 Å². The molecule has 7 nitrogen and oxygen atoms in total. The van der Waals surface area contributed by atoms with Crippen molar-refractivity contribution in [3.05, 3.63) is 65.7 Å². The third kappa shape index (κ3) is 5.25. The van der Waals surface area contributed by atoms with Gasteiger partial charge in [-0.15, -0.1) is 0 Å². The van der Waals surface area contributed by atoms with Crippen LogP contribution in [0.25, 0.3) is 22.2 Å². The lowest BCUT2D eigenvalue weighted by Crippen LogP contribution is -2.44. The zero-order valence-electron chi connectivity index (χ0n) is 17.8. The van der Waals surface area contributed by atoms with Gasteiger partial charge in [-0.3, -0.25) is 10.1 Å². The Bertz CT molecular complexity index is 1110. The quantitative estimate of drug-likeness (QED) is 0.589. The Hall–Kier alpha value is -3.74. The smallest absolute Gasteiger partial charge is 0.339 e. The zero-order chi connectivity index (χ0) is 22.4. The number of amides is 3. The van der Waals surface area contributed by atoms with Crippen molar-refractivity contribution in [3.8, 4) is 11.3 Å². The molecule has 0 saturated heterocycles. The molecular weight excluding hydrogens is 394 g/mol. The van der Waals surface area contributed by atoms with Gasteiger partial charge in [-0.2, -0.15) is 0 Å². The number of rotatable bonds is 6. The van der Waals surface area contributed by atoms with Gasteiger partial charge >= 0.3 is 12.0 Å². The second-order valence-corrected chi connectivity index (χ2v) is 7.25. The molecular formula is C24H25N3O4. The number of hydrogen-bond donors (Lipinski definition) is 2. The fourth-order valence-electron chi connectivity index (χ4n) is 3.18. The molecule has 0 aliphatic heterocycles. The van der Waals surface area contributed by atoms with E-state index in [1.807, 2.05) is 62.4 Å². The molecule has 1 atom stereocenters. The molecule has 0 bridgehead atoms. The summed E-state index contributed by atoms with van der Waals surface area (Å²) in [6, 6.07) is 16.1. The standard InChI is InChI=1S/C24H25N3O4/c1-4-15(2)25-24(30)27-20(28)14-31-23(29)21-16(3)22(17-10-6-5-7-11-17)26-19-13-9-8-12-18(19)21/h5-13,15H,4,14H2,1-3H3,(H2,25,27,28,30)/t15-/m1/s1. The van der Waals surface area contributed by atoms with Gasteiger partial charge in [-0.1, -0.05) is 55.5 Å². The molecule has 0 spiro atoms. The zero-order valence-corrected chi connectivity index (χ0v) is 17.8. The molecule has 0 saturated carbocycles. The van der Waals surface area contributed by atoms with E-state index in [9.17, 15) is 14.4 Å². The van der Waals surface area contributed by atoms with E-state index in [1.54, 1.807) is 13.0 Å². The normalized spacial score (nSPS) is 11.6. The highest BCUT2D eigenvalue weighted by molar-refractivity contribution is 6.07. The number of benzene rings is 2. The monoisotopic (exact) mass is 419 g/mol. The van der Waals surface area contributed by atoms with E-state index in [0.717, 1.165) is 12.0 Å². The van der Waals surface area contributed by atoms with Gasteiger partial charge in [0.05, 0.1) is 16.8 Å². The van der Waals surface area contributed by atoms with Crippen molar-refractivity contribution < 1.29 is 19.1 Å². The molecule has 160 valence electrons. The number of fused-ring (bicyclic) bond motifs is 1. The minimum absolute atomic E-state index is 0.0717. The maximum absolute atomic E-state index is 12.9. The van der Waals surface area contributed by atoms with E-state index >= 15 is 0 Å². The molecule has 0 radical (unpaired) electrons. The van der Waals surface area contributed by atoms with Crippen LogP contribution in [0, 0.1) is 6.92 Å². The molecule has 2 N–H and O–H groups in total.